The molecule has 7 heteroatoms. The van der Waals surface area contributed by atoms with E-state index in [1.54, 1.807) is 16.2 Å². The first-order valence-corrected chi connectivity index (χ1v) is 8.64. The van der Waals surface area contributed by atoms with Gasteiger partial charge >= 0.3 is 12.0 Å². The number of hydrogen-bond acceptors (Lipinski definition) is 3. The topological polar surface area (TPSA) is 69.6 Å². The Labute approximate surface area is 136 Å². The van der Waals surface area contributed by atoms with Crippen molar-refractivity contribution in [3.63, 3.8) is 0 Å². The molecule has 1 aromatic rings. The Morgan fingerprint density at radius 2 is 2.29 bits per heavy atom. The van der Waals surface area contributed by atoms with Gasteiger partial charge in [0, 0.05) is 24.4 Å². The van der Waals surface area contributed by atoms with Crippen LogP contribution in [0, 0.1) is 5.92 Å². The van der Waals surface area contributed by atoms with E-state index in [9.17, 15) is 9.59 Å². The smallest absolute Gasteiger partial charge is 0.317 e. The molecule has 2 heterocycles. The number of aliphatic carboxylic acids is 1. The molecule has 5 nitrogen and oxygen atoms in total. The van der Waals surface area contributed by atoms with Crippen LogP contribution in [-0.2, 0) is 11.3 Å². The molecule has 0 radical (unpaired) electrons. The molecule has 2 rings (SSSR count). The summed E-state index contributed by atoms with van der Waals surface area (Å²) < 4.78 is 1.05. The normalized spacial score (nSPS) is 18.5. The number of hydrogen-bond donors (Lipinski definition) is 2. The Hall–Kier alpha value is -1.08. The van der Waals surface area contributed by atoms with Crippen LogP contribution in [0.1, 0.15) is 30.6 Å². The van der Waals surface area contributed by atoms with E-state index in [2.05, 4.69) is 21.2 Å². The minimum Gasteiger partial charge on any atom is -0.481 e. The molecule has 21 heavy (non-hydrogen) atoms. The lowest BCUT2D eigenvalue weighted by molar-refractivity contribution is -0.137. The second-order valence-electron chi connectivity index (χ2n) is 5.25. The van der Waals surface area contributed by atoms with E-state index in [4.69, 9.17) is 5.11 Å². The Morgan fingerprint density at radius 3 is 2.95 bits per heavy atom. The third-order valence-electron chi connectivity index (χ3n) is 3.62. The number of carboxylic acids is 1. The van der Waals surface area contributed by atoms with E-state index in [1.165, 1.54) is 0 Å². The lowest BCUT2D eigenvalue weighted by Gasteiger charge is -2.32. The van der Waals surface area contributed by atoms with Crippen LogP contribution < -0.4 is 5.32 Å². The zero-order chi connectivity index (χ0) is 15.2. The minimum atomic E-state index is -0.764. The molecule has 0 aromatic carbocycles. The van der Waals surface area contributed by atoms with Crippen molar-refractivity contribution in [2.75, 3.05) is 13.1 Å². The Morgan fingerprint density at radius 1 is 1.48 bits per heavy atom. The summed E-state index contributed by atoms with van der Waals surface area (Å²) in [4.78, 5) is 25.7. The first-order valence-electron chi connectivity index (χ1n) is 7.03. The SMILES string of the molecule is O=C(O)CCC1CCCN(C(=O)NCc2ccc(Br)s2)C1. The molecule has 1 unspecified atom stereocenters. The van der Waals surface area contributed by atoms with Gasteiger partial charge in [-0.25, -0.2) is 4.79 Å². The van der Waals surface area contributed by atoms with E-state index in [0.717, 1.165) is 28.0 Å². The van der Waals surface area contributed by atoms with E-state index in [0.29, 0.717) is 25.4 Å². The van der Waals surface area contributed by atoms with Crippen molar-refractivity contribution in [2.24, 2.45) is 5.92 Å². The number of urea groups is 1. The Kier molecular flexibility index (Phi) is 6.05. The largest absolute Gasteiger partial charge is 0.481 e. The first-order chi connectivity index (χ1) is 10.0. The molecular weight excluding hydrogens is 356 g/mol. The Bertz CT molecular complexity index is 506. The summed E-state index contributed by atoms with van der Waals surface area (Å²) >= 11 is 5.01. The molecule has 0 bridgehead atoms. The molecule has 0 spiro atoms. The van der Waals surface area contributed by atoms with E-state index >= 15 is 0 Å². The highest BCUT2D eigenvalue weighted by atomic mass is 79.9. The van der Waals surface area contributed by atoms with Gasteiger partial charge in [-0.2, -0.15) is 0 Å². The number of carbonyl (C=O) groups is 2. The predicted octanol–water partition coefficient (Wildman–Crippen LogP) is 3.30. The molecule has 0 aliphatic carbocycles. The van der Waals surface area contributed by atoms with E-state index in [1.807, 2.05) is 12.1 Å². The number of piperidine rings is 1. The second-order valence-corrected chi connectivity index (χ2v) is 7.80. The van der Waals surface area contributed by atoms with Gasteiger partial charge in [-0.1, -0.05) is 0 Å². The number of likely N-dealkylation sites (tertiary alicyclic amines) is 1. The van der Waals surface area contributed by atoms with Crippen LogP contribution in [0.3, 0.4) is 0 Å². The van der Waals surface area contributed by atoms with Crippen molar-refractivity contribution >= 4 is 39.3 Å². The highest BCUT2D eigenvalue weighted by Crippen LogP contribution is 2.23. The summed E-state index contributed by atoms with van der Waals surface area (Å²) in [6.45, 7) is 1.95. The number of rotatable bonds is 5. The molecule has 0 saturated carbocycles. The fourth-order valence-corrected chi connectivity index (χ4v) is 3.96. The molecule has 1 saturated heterocycles. The van der Waals surface area contributed by atoms with Crippen molar-refractivity contribution < 1.29 is 14.7 Å². The molecule has 1 aliphatic heterocycles. The number of carboxylic acid groups (broad SMARTS) is 1. The number of carbonyl (C=O) groups excluding carboxylic acids is 1. The van der Waals surface area contributed by atoms with Crippen molar-refractivity contribution in [1.82, 2.24) is 10.2 Å². The standard InChI is InChI=1S/C14H19BrN2O3S/c15-12-5-4-11(21-12)8-16-14(20)17-7-1-2-10(9-17)3-6-13(18)19/h4-5,10H,1-3,6-9H2,(H,16,20)(H,18,19). The van der Waals surface area contributed by atoms with Gasteiger partial charge in [0.2, 0.25) is 0 Å². The highest BCUT2D eigenvalue weighted by Gasteiger charge is 2.23. The van der Waals surface area contributed by atoms with Crippen LogP contribution in [0.2, 0.25) is 0 Å². The van der Waals surface area contributed by atoms with Gasteiger partial charge in [-0.3, -0.25) is 4.79 Å². The van der Waals surface area contributed by atoms with Crippen molar-refractivity contribution in [3.05, 3.63) is 20.8 Å². The van der Waals surface area contributed by atoms with Gasteiger partial charge in [0.25, 0.3) is 0 Å². The molecule has 1 aliphatic rings. The molecule has 1 fully saturated rings. The van der Waals surface area contributed by atoms with Crippen LogP contribution in [0.25, 0.3) is 0 Å². The maximum absolute atomic E-state index is 12.2. The zero-order valence-corrected chi connectivity index (χ0v) is 14.1. The number of nitrogens with zero attached hydrogens (tertiary/aromatic N) is 1. The first kappa shape index (κ1) is 16.3. The Balaban J connectivity index is 1.77. The predicted molar refractivity (Wildman–Crippen MR) is 85.4 cm³/mol. The lowest BCUT2D eigenvalue weighted by Crippen LogP contribution is -2.45. The van der Waals surface area contributed by atoms with Crippen LogP contribution in [0.15, 0.2) is 15.9 Å². The summed E-state index contributed by atoms with van der Waals surface area (Å²) in [5, 5.41) is 11.7. The third kappa shape index (κ3) is 5.32. The quantitative estimate of drug-likeness (QED) is 0.830. The molecule has 2 amide bonds. The third-order valence-corrected chi connectivity index (χ3v) is 5.24. The maximum atomic E-state index is 12.2. The van der Waals surface area contributed by atoms with Gasteiger partial charge in [-0.15, -0.1) is 11.3 Å². The fourth-order valence-electron chi connectivity index (χ4n) is 2.53. The van der Waals surface area contributed by atoms with Gasteiger partial charge < -0.3 is 15.3 Å². The summed E-state index contributed by atoms with van der Waals surface area (Å²) in [5.41, 5.74) is 0. The molecule has 116 valence electrons. The number of nitrogens with one attached hydrogen (secondary N) is 1. The lowest BCUT2D eigenvalue weighted by atomic mass is 9.93. The van der Waals surface area contributed by atoms with Gasteiger partial charge in [0.05, 0.1) is 10.3 Å². The summed E-state index contributed by atoms with van der Waals surface area (Å²) in [5.74, 6) is -0.462. The second kappa shape index (κ2) is 7.79. The average Bonchev–Trinajstić information content (AvgIpc) is 2.88. The zero-order valence-electron chi connectivity index (χ0n) is 11.7. The number of halogens is 1. The molecule has 1 aromatic heterocycles. The van der Waals surface area contributed by atoms with Crippen LogP contribution in [-0.4, -0.2) is 35.1 Å². The van der Waals surface area contributed by atoms with Crippen molar-refractivity contribution in [2.45, 2.75) is 32.2 Å². The highest BCUT2D eigenvalue weighted by molar-refractivity contribution is 9.11. The van der Waals surface area contributed by atoms with Crippen LogP contribution in [0.4, 0.5) is 4.79 Å². The van der Waals surface area contributed by atoms with E-state index < -0.39 is 5.97 Å². The fraction of sp³-hybridized carbons (Fsp3) is 0.571. The molecule has 2 N–H and O–H groups in total. The summed E-state index contributed by atoms with van der Waals surface area (Å²) in [6.07, 6.45) is 2.79. The van der Waals surface area contributed by atoms with Gasteiger partial charge in [-0.05, 0) is 53.2 Å². The van der Waals surface area contributed by atoms with E-state index in [-0.39, 0.29) is 12.5 Å². The van der Waals surface area contributed by atoms with Crippen molar-refractivity contribution in [1.29, 1.82) is 0 Å². The molecule has 1 atom stereocenters. The summed E-state index contributed by atoms with van der Waals surface area (Å²) in [7, 11) is 0. The van der Waals surface area contributed by atoms with Gasteiger partial charge in [0.1, 0.15) is 0 Å². The van der Waals surface area contributed by atoms with Crippen LogP contribution in [0.5, 0.6) is 0 Å². The average molecular weight is 375 g/mol. The maximum Gasteiger partial charge on any atom is 0.317 e. The molecular formula is C14H19BrN2O3S. The van der Waals surface area contributed by atoms with Crippen LogP contribution >= 0.6 is 27.3 Å². The minimum absolute atomic E-state index is 0.0560. The summed E-state index contributed by atoms with van der Waals surface area (Å²) in [6, 6.07) is 3.90. The monoisotopic (exact) mass is 374 g/mol. The van der Waals surface area contributed by atoms with Crippen molar-refractivity contribution in [3.8, 4) is 0 Å². The van der Waals surface area contributed by atoms with Gasteiger partial charge in [0.15, 0.2) is 0 Å². The number of amides is 2. The number of thiophene rings is 1.